The van der Waals surface area contributed by atoms with Crippen LogP contribution in [0.25, 0.3) is 10.9 Å². The molecule has 4 nitrogen and oxygen atoms in total. The topological polar surface area (TPSA) is 57.8 Å². The molecule has 2 aromatic rings. The maximum Gasteiger partial charge on any atom is 0.207 e. The van der Waals surface area contributed by atoms with Gasteiger partial charge in [0.15, 0.2) is 5.82 Å². The maximum absolute atomic E-state index is 15.0. The largest absolute Gasteiger partial charge is 0.380 e. The van der Waals surface area contributed by atoms with E-state index in [0.717, 1.165) is 25.7 Å². The lowest BCUT2D eigenvalue weighted by atomic mass is 9.95. The molecule has 1 aliphatic rings. The highest BCUT2D eigenvalue weighted by atomic mass is 19.1. The summed E-state index contributed by atoms with van der Waals surface area (Å²) in [6.45, 7) is 2.36. The van der Waals surface area contributed by atoms with Crippen molar-refractivity contribution in [3.8, 4) is 6.07 Å². The molecule has 0 aliphatic heterocycles. The number of rotatable bonds is 3. The van der Waals surface area contributed by atoms with E-state index in [-0.39, 0.29) is 22.5 Å². The van der Waals surface area contributed by atoms with Gasteiger partial charge in [0.2, 0.25) is 5.43 Å². The number of nitrogens with zero attached hydrogens (tertiary/aromatic N) is 2. The standard InChI is InChI=1S/C18H20FN3O/c1-2-22-11-12(10-20)18(23)14-8-9-15(16(19)17(14)22)21-13-6-4-3-5-7-13/h8-9,11,13,21H,2-7H2,1H3. The van der Waals surface area contributed by atoms with Crippen LogP contribution in [0.4, 0.5) is 10.1 Å². The van der Waals surface area contributed by atoms with Crippen LogP contribution in [-0.4, -0.2) is 10.6 Å². The lowest BCUT2D eigenvalue weighted by Crippen LogP contribution is -2.23. The van der Waals surface area contributed by atoms with Gasteiger partial charge in [-0.1, -0.05) is 19.3 Å². The molecule has 0 spiro atoms. The van der Waals surface area contributed by atoms with E-state index in [1.165, 1.54) is 12.6 Å². The molecule has 23 heavy (non-hydrogen) atoms. The first-order chi connectivity index (χ1) is 11.2. The van der Waals surface area contributed by atoms with E-state index < -0.39 is 11.2 Å². The van der Waals surface area contributed by atoms with Gasteiger partial charge < -0.3 is 9.88 Å². The Bertz CT molecular complexity index is 829. The Balaban J connectivity index is 2.11. The van der Waals surface area contributed by atoms with E-state index in [9.17, 15) is 9.18 Å². The van der Waals surface area contributed by atoms with Crippen molar-refractivity contribution in [2.75, 3.05) is 5.32 Å². The van der Waals surface area contributed by atoms with Crippen LogP contribution in [0, 0.1) is 17.1 Å². The predicted molar refractivity (Wildman–Crippen MR) is 89.1 cm³/mol. The molecule has 1 aliphatic carbocycles. The summed E-state index contributed by atoms with van der Waals surface area (Å²) in [7, 11) is 0. The van der Waals surface area contributed by atoms with Gasteiger partial charge in [0.25, 0.3) is 0 Å². The second-order valence-corrected chi connectivity index (χ2v) is 6.07. The van der Waals surface area contributed by atoms with Gasteiger partial charge in [-0.15, -0.1) is 0 Å². The number of halogens is 1. The summed E-state index contributed by atoms with van der Waals surface area (Å²) in [5.41, 5.74) is 0.357. The summed E-state index contributed by atoms with van der Waals surface area (Å²) >= 11 is 0. The number of hydrogen-bond donors (Lipinski definition) is 1. The van der Waals surface area contributed by atoms with Crippen molar-refractivity contribution >= 4 is 16.6 Å². The molecule has 1 heterocycles. The number of hydrogen-bond acceptors (Lipinski definition) is 3. The molecular weight excluding hydrogens is 293 g/mol. The fraction of sp³-hybridized carbons (Fsp3) is 0.444. The number of pyridine rings is 1. The monoisotopic (exact) mass is 313 g/mol. The predicted octanol–water partition coefficient (Wildman–Crippen LogP) is 3.78. The van der Waals surface area contributed by atoms with Gasteiger partial charge in [-0.3, -0.25) is 4.79 Å². The van der Waals surface area contributed by atoms with E-state index in [0.29, 0.717) is 12.2 Å². The number of fused-ring (bicyclic) bond motifs is 1. The molecule has 0 saturated heterocycles. The van der Waals surface area contributed by atoms with Gasteiger partial charge in [0, 0.05) is 18.8 Å². The number of nitrogens with one attached hydrogen (secondary N) is 1. The molecule has 1 N–H and O–H groups in total. The third-order valence-electron chi connectivity index (χ3n) is 4.60. The average molecular weight is 313 g/mol. The molecule has 120 valence electrons. The highest BCUT2D eigenvalue weighted by Crippen LogP contribution is 2.27. The van der Waals surface area contributed by atoms with Gasteiger partial charge in [-0.2, -0.15) is 5.26 Å². The Hall–Kier alpha value is -2.35. The number of aromatic nitrogens is 1. The van der Waals surface area contributed by atoms with Crippen LogP contribution < -0.4 is 10.7 Å². The SMILES string of the molecule is CCn1cc(C#N)c(=O)c2ccc(NC3CCCCC3)c(F)c21. The third-order valence-corrected chi connectivity index (χ3v) is 4.60. The van der Waals surface area contributed by atoms with E-state index in [4.69, 9.17) is 5.26 Å². The van der Waals surface area contributed by atoms with Crippen molar-refractivity contribution in [1.82, 2.24) is 4.57 Å². The summed E-state index contributed by atoms with van der Waals surface area (Å²) in [6.07, 6.45) is 7.11. The van der Waals surface area contributed by atoms with Crippen LogP contribution in [-0.2, 0) is 6.54 Å². The Morgan fingerprint density at radius 2 is 2.09 bits per heavy atom. The lowest BCUT2D eigenvalue weighted by molar-refractivity contribution is 0.461. The maximum atomic E-state index is 15.0. The Morgan fingerprint density at radius 3 is 2.74 bits per heavy atom. The summed E-state index contributed by atoms with van der Waals surface area (Å²) in [6, 6.07) is 5.42. The molecule has 3 rings (SSSR count). The van der Waals surface area contributed by atoms with Crippen LogP contribution in [0.5, 0.6) is 0 Å². The van der Waals surface area contributed by atoms with Crippen molar-refractivity contribution < 1.29 is 4.39 Å². The van der Waals surface area contributed by atoms with Crippen molar-refractivity contribution in [2.24, 2.45) is 0 Å². The first-order valence-corrected chi connectivity index (χ1v) is 8.18. The lowest BCUT2D eigenvalue weighted by Gasteiger charge is -2.24. The summed E-state index contributed by atoms with van der Waals surface area (Å²) in [5.74, 6) is -0.406. The molecule has 1 aromatic carbocycles. The molecule has 1 aromatic heterocycles. The van der Waals surface area contributed by atoms with E-state index in [2.05, 4.69) is 5.32 Å². The second-order valence-electron chi connectivity index (χ2n) is 6.07. The molecular formula is C18H20FN3O. The highest BCUT2D eigenvalue weighted by Gasteiger charge is 2.18. The summed E-state index contributed by atoms with van der Waals surface area (Å²) in [4.78, 5) is 12.3. The van der Waals surface area contributed by atoms with E-state index in [1.807, 2.05) is 13.0 Å². The minimum atomic E-state index is -0.407. The van der Waals surface area contributed by atoms with Gasteiger partial charge in [0.1, 0.15) is 11.6 Å². The molecule has 5 heteroatoms. The third kappa shape index (κ3) is 2.81. The quantitative estimate of drug-likeness (QED) is 0.938. The van der Waals surface area contributed by atoms with Crippen LogP contribution >= 0.6 is 0 Å². The van der Waals surface area contributed by atoms with Crippen molar-refractivity contribution in [2.45, 2.75) is 51.6 Å². The fourth-order valence-electron chi connectivity index (χ4n) is 3.36. The van der Waals surface area contributed by atoms with Crippen LogP contribution in [0.3, 0.4) is 0 Å². The number of nitriles is 1. The van der Waals surface area contributed by atoms with Crippen LogP contribution in [0.1, 0.15) is 44.6 Å². The van der Waals surface area contributed by atoms with E-state index >= 15 is 0 Å². The summed E-state index contributed by atoms with van der Waals surface area (Å²) in [5, 5.41) is 12.6. The molecule has 0 unspecified atom stereocenters. The average Bonchev–Trinajstić information content (AvgIpc) is 2.59. The zero-order valence-electron chi connectivity index (χ0n) is 13.2. The zero-order chi connectivity index (χ0) is 16.4. The molecule has 0 radical (unpaired) electrons. The van der Waals surface area contributed by atoms with Crippen LogP contribution in [0.15, 0.2) is 23.1 Å². The minimum Gasteiger partial charge on any atom is -0.380 e. The smallest absolute Gasteiger partial charge is 0.207 e. The number of anilines is 1. The minimum absolute atomic E-state index is 0.0479. The normalized spacial score (nSPS) is 15.5. The molecule has 0 bridgehead atoms. The molecule has 0 amide bonds. The highest BCUT2D eigenvalue weighted by molar-refractivity contribution is 5.84. The molecule has 1 saturated carbocycles. The van der Waals surface area contributed by atoms with Crippen molar-refractivity contribution in [3.05, 3.63) is 39.9 Å². The van der Waals surface area contributed by atoms with Crippen molar-refractivity contribution in [3.63, 3.8) is 0 Å². The van der Waals surface area contributed by atoms with Gasteiger partial charge in [-0.05, 0) is 31.9 Å². The number of benzene rings is 1. The Morgan fingerprint density at radius 1 is 1.35 bits per heavy atom. The van der Waals surface area contributed by atoms with Gasteiger partial charge in [-0.25, -0.2) is 4.39 Å². The Labute approximate surface area is 134 Å². The van der Waals surface area contributed by atoms with Crippen molar-refractivity contribution in [1.29, 1.82) is 5.26 Å². The van der Waals surface area contributed by atoms with Gasteiger partial charge >= 0.3 is 0 Å². The Kier molecular flexibility index (Phi) is 4.33. The van der Waals surface area contributed by atoms with Gasteiger partial charge in [0.05, 0.1) is 16.6 Å². The van der Waals surface area contributed by atoms with Crippen LogP contribution in [0.2, 0.25) is 0 Å². The fourth-order valence-corrected chi connectivity index (χ4v) is 3.36. The zero-order valence-corrected chi connectivity index (χ0v) is 13.2. The summed E-state index contributed by atoms with van der Waals surface area (Å²) < 4.78 is 16.6. The van der Waals surface area contributed by atoms with E-state index in [1.54, 1.807) is 16.7 Å². The molecule has 0 atom stereocenters. The number of aryl methyl sites for hydroxylation is 1. The second kappa shape index (κ2) is 6.41. The first-order valence-electron chi connectivity index (χ1n) is 8.18. The first kappa shape index (κ1) is 15.5. The molecule has 1 fully saturated rings.